The zero-order valence-electron chi connectivity index (χ0n) is 11.7. The normalized spacial score (nSPS) is 21.2. The minimum absolute atomic E-state index is 0.105. The van der Waals surface area contributed by atoms with E-state index in [2.05, 4.69) is 10.9 Å². The first-order valence-corrected chi connectivity index (χ1v) is 6.85. The molecule has 1 fully saturated rings. The van der Waals surface area contributed by atoms with Crippen LogP contribution >= 0.6 is 0 Å². The highest BCUT2D eigenvalue weighted by atomic mass is 16.5. The van der Waals surface area contributed by atoms with E-state index in [4.69, 9.17) is 9.47 Å². The third-order valence-electron chi connectivity index (χ3n) is 3.54. The Labute approximate surface area is 123 Å². The standard InChI is InChI=1S/C16H18N2O3/c1-20-12-7-8-13(14(19)9-12)16-15(10-17-18-16)21-11-5-3-2-4-6-11/h2-9,15-19H,10H2,1H3. The fourth-order valence-corrected chi connectivity index (χ4v) is 2.46. The van der Waals surface area contributed by atoms with Crippen LogP contribution in [0, 0.1) is 0 Å². The minimum atomic E-state index is -0.129. The second kappa shape index (κ2) is 6.03. The van der Waals surface area contributed by atoms with Crippen LogP contribution in [0.1, 0.15) is 11.6 Å². The summed E-state index contributed by atoms with van der Waals surface area (Å²) in [5.41, 5.74) is 7.00. The van der Waals surface area contributed by atoms with Gasteiger partial charge in [-0.25, -0.2) is 5.43 Å². The highest BCUT2D eigenvalue weighted by Gasteiger charge is 2.32. The summed E-state index contributed by atoms with van der Waals surface area (Å²) < 4.78 is 11.1. The molecule has 0 spiro atoms. The van der Waals surface area contributed by atoms with Crippen LogP contribution in [0.4, 0.5) is 0 Å². The molecule has 21 heavy (non-hydrogen) atoms. The van der Waals surface area contributed by atoms with Crippen LogP contribution in [0.5, 0.6) is 17.2 Å². The van der Waals surface area contributed by atoms with Crippen molar-refractivity contribution in [2.45, 2.75) is 12.1 Å². The molecule has 2 unspecified atom stereocenters. The van der Waals surface area contributed by atoms with E-state index in [0.29, 0.717) is 12.3 Å². The van der Waals surface area contributed by atoms with Crippen molar-refractivity contribution in [2.24, 2.45) is 0 Å². The van der Waals surface area contributed by atoms with E-state index in [1.807, 2.05) is 42.5 Å². The van der Waals surface area contributed by atoms with Gasteiger partial charge in [-0.1, -0.05) is 18.2 Å². The van der Waals surface area contributed by atoms with Gasteiger partial charge in [0.2, 0.25) is 0 Å². The number of hydrogen-bond donors (Lipinski definition) is 3. The maximum Gasteiger partial charge on any atom is 0.133 e. The van der Waals surface area contributed by atoms with Crippen molar-refractivity contribution in [1.82, 2.24) is 10.9 Å². The van der Waals surface area contributed by atoms with E-state index in [1.165, 1.54) is 0 Å². The third kappa shape index (κ3) is 2.94. The summed E-state index contributed by atoms with van der Waals surface area (Å²) in [5, 5.41) is 10.2. The van der Waals surface area contributed by atoms with Gasteiger partial charge in [0.05, 0.1) is 13.2 Å². The van der Waals surface area contributed by atoms with Crippen LogP contribution in [-0.2, 0) is 0 Å². The van der Waals surface area contributed by atoms with Crippen molar-refractivity contribution in [3.8, 4) is 17.2 Å². The Morgan fingerprint density at radius 1 is 1.10 bits per heavy atom. The molecule has 0 radical (unpaired) electrons. The number of nitrogens with one attached hydrogen (secondary N) is 2. The van der Waals surface area contributed by atoms with E-state index in [0.717, 1.165) is 11.3 Å². The molecule has 0 amide bonds. The lowest BCUT2D eigenvalue weighted by Gasteiger charge is -2.21. The number of para-hydroxylation sites is 1. The lowest BCUT2D eigenvalue weighted by atomic mass is 10.0. The van der Waals surface area contributed by atoms with Gasteiger partial charge in [-0.2, -0.15) is 0 Å². The Morgan fingerprint density at radius 3 is 2.62 bits per heavy atom. The molecule has 5 nitrogen and oxygen atoms in total. The zero-order chi connectivity index (χ0) is 14.7. The Bertz CT molecular complexity index is 604. The first-order chi connectivity index (χ1) is 10.3. The van der Waals surface area contributed by atoms with Crippen LogP contribution in [0.3, 0.4) is 0 Å². The van der Waals surface area contributed by atoms with Crippen molar-refractivity contribution in [2.75, 3.05) is 13.7 Å². The van der Waals surface area contributed by atoms with E-state index < -0.39 is 0 Å². The summed E-state index contributed by atoms with van der Waals surface area (Å²) in [6.07, 6.45) is -0.105. The number of phenols is 1. The molecule has 3 rings (SSSR count). The number of hydrazine groups is 1. The number of hydrogen-bond acceptors (Lipinski definition) is 5. The molecule has 1 aliphatic rings. The van der Waals surface area contributed by atoms with Gasteiger partial charge in [0, 0.05) is 18.2 Å². The molecular formula is C16H18N2O3. The van der Waals surface area contributed by atoms with Gasteiger partial charge in [0.1, 0.15) is 23.4 Å². The molecule has 0 bridgehead atoms. The molecule has 2 aromatic carbocycles. The van der Waals surface area contributed by atoms with Gasteiger partial charge in [0.25, 0.3) is 0 Å². The molecule has 2 atom stereocenters. The van der Waals surface area contributed by atoms with Crippen molar-refractivity contribution in [1.29, 1.82) is 0 Å². The van der Waals surface area contributed by atoms with E-state index in [1.54, 1.807) is 13.2 Å². The average Bonchev–Trinajstić information content (AvgIpc) is 2.96. The molecule has 0 aliphatic carbocycles. The highest BCUT2D eigenvalue weighted by molar-refractivity contribution is 5.42. The molecular weight excluding hydrogens is 268 g/mol. The van der Waals surface area contributed by atoms with Gasteiger partial charge in [-0.3, -0.25) is 5.43 Å². The summed E-state index contributed by atoms with van der Waals surface area (Å²) in [6, 6.07) is 14.8. The molecule has 110 valence electrons. The zero-order valence-corrected chi connectivity index (χ0v) is 11.7. The molecule has 1 aliphatic heterocycles. The molecule has 0 saturated carbocycles. The summed E-state index contributed by atoms with van der Waals surface area (Å²) in [4.78, 5) is 0. The van der Waals surface area contributed by atoms with Crippen molar-refractivity contribution >= 4 is 0 Å². The van der Waals surface area contributed by atoms with E-state index in [9.17, 15) is 5.11 Å². The summed E-state index contributed by atoms with van der Waals surface area (Å²) in [7, 11) is 1.57. The number of methoxy groups -OCH3 is 1. The number of benzene rings is 2. The van der Waals surface area contributed by atoms with Crippen LogP contribution in [0.2, 0.25) is 0 Å². The van der Waals surface area contributed by atoms with Gasteiger partial charge in [-0.15, -0.1) is 0 Å². The Balaban J connectivity index is 1.80. The summed E-state index contributed by atoms with van der Waals surface area (Å²) in [5.74, 6) is 1.63. The highest BCUT2D eigenvalue weighted by Crippen LogP contribution is 2.32. The lowest BCUT2D eigenvalue weighted by Crippen LogP contribution is -2.28. The monoisotopic (exact) mass is 286 g/mol. The second-order valence-corrected chi connectivity index (χ2v) is 4.90. The Morgan fingerprint density at radius 2 is 1.90 bits per heavy atom. The molecule has 1 heterocycles. The molecule has 3 N–H and O–H groups in total. The molecule has 2 aromatic rings. The SMILES string of the molecule is COc1ccc(C2NNCC2Oc2ccccc2)c(O)c1. The maximum atomic E-state index is 10.2. The smallest absolute Gasteiger partial charge is 0.133 e. The number of rotatable bonds is 4. The van der Waals surface area contributed by atoms with Crippen LogP contribution in [0.25, 0.3) is 0 Å². The van der Waals surface area contributed by atoms with Gasteiger partial charge in [-0.05, 0) is 24.3 Å². The average molecular weight is 286 g/mol. The van der Waals surface area contributed by atoms with Gasteiger partial charge >= 0.3 is 0 Å². The number of aromatic hydroxyl groups is 1. The second-order valence-electron chi connectivity index (χ2n) is 4.90. The molecule has 1 saturated heterocycles. The van der Waals surface area contributed by atoms with Crippen molar-refractivity contribution in [3.63, 3.8) is 0 Å². The first-order valence-electron chi connectivity index (χ1n) is 6.85. The van der Waals surface area contributed by atoms with Gasteiger partial charge < -0.3 is 14.6 Å². The lowest BCUT2D eigenvalue weighted by molar-refractivity contribution is 0.195. The molecule has 0 aromatic heterocycles. The van der Waals surface area contributed by atoms with Crippen molar-refractivity contribution in [3.05, 3.63) is 54.1 Å². The van der Waals surface area contributed by atoms with E-state index >= 15 is 0 Å². The maximum absolute atomic E-state index is 10.2. The Hall–Kier alpha value is -2.24. The fraction of sp³-hybridized carbons (Fsp3) is 0.250. The van der Waals surface area contributed by atoms with Crippen LogP contribution in [-0.4, -0.2) is 24.9 Å². The third-order valence-corrected chi connectivity index (χ3v) is 3.54. The first kappa shape index (κ1) is 13.7. The van der Waals surface area contributed by atoms with Crippen molar-refractivity contribution < 1.29 is 14.6 Å². The fourth-order valence-electron chi connectivity index (χ4n) is 2.46. The molecule has 5 heteroatoms. The quantitative estimate of drug-likeness (QED) is 0.802. The number of ether oxygens (including phenoxy) is 2. The van der Waals surface area contributed by atoms with Gasteiger partial charge in [0.15, 0.2) is 0 Å². The number of phenolic OH excluding ortho intramolecular Hbond substituents is 1. The summed E-state index contributed by atoms with van der Waals surface area (Å²) >= 11 is 0. The minimum Gasteiger partial charge on any atom is -0.507 e. The Kier molecular flexibility index (Phi) is 3.94. The summed E-state index contributed by atoms with van der Waals surface area (Å²) in [6.45, 7) is 0.658. The largest absolute Gasteiger partial charge is 0.507 e. The van der Waals surface area contributed by atoms with Crippen LogP contribution in [0.15, 0.2) is 48.5 Å². The topological polar surface area (TPSA) is 62.8 Å². The van der Waals surface area contributed by atoms with E-state index in [-0.39, 0.29) is 17.9 Å². The van der Waals surface area contributed by atoms with Crippen LogP contribution < -0.4 is 20.3 Å². The predicted molar refractivity (Wildman–Crippen MR) is 79.4 cm³/mol. The predicted octanol–water partition coefficient (Wildman–Crippen LogP) is 2.00.